The van der Waals surface area contributed by atoms with E-state index in [1.807, 2.05) is 0 Å². The number of carboxylic acids is 1. The smallest absolute Gasteiger partial charge is 0.327 e. The Balaban J connectivity index is 2.73. The van der Waals surface area contributed by atoms with E-state index in [2.05, 4.69) is 39.2 Å². The topological polar surface area (TPSA) is 92.7 Å². The Morgan fingerprint density at radius 1 is 1.38 bits per heavy atom. The molecule has 138 valence electrons. The van der Waals surface area contributed by atoms with Crippen molar-refractivity contribution < 1.29 is 23.9 Å². The summed E-state index contributed by atoms with van der Waals surface area (Å²) in [6.07, 6.45) is 0.619. The van der Waals surface area contributed by atoms with Crippen LogP contribution in [-0.2, 0) is 18.8 Å². The molecule has 2 N–H and O–H groups in total. The van der Waals surface area contributed by atoms with Gasteiger partial charge >= 0.3 is 5.97 Å². The van der Waals surface area contributed by atoms with Gasteiger partial charge in [0.25, 0.3) is 0 Å². The molecule has 6 nitrogen and oxygen atoms in total. The molecule has 0 aromatic carbocycles. The highest BCUT2D eigenvalue weighted by atomic mass is 32.2. The number of hydrogen-bond donors (Lipinski definition) is 2. The van der Waals surface area contributed by atoms with E-state index in [9.17, 15) is 19.5 Å². The molecular formula is C16H29NO5SSi. The zero-order chi connectivity index (χ0) is 18.7. The second-order valence-corrected chi connectivity index (χ2v) is 13.9. The first-order valence-electron chi connectivity index (χ1n) is 8.14. The summed E-state index contributed by atoms with van der Waals surface area (Å²) >= 11 is 1.41. The molecule has 3 atom stereocenters. The Bertz CT molecular complexity index is 503. The molecule has 8 heteroatoms. The monoisotopic (exact) mass is 375 g/mol. The highest BCUT2D eigenvalue weighted by molar-refractivity contribution is 8.00. The van der Waals surface area contributed by atoms with Crippen molar-refractivity contribution in [2.75, 3.05) is 5.75 Å². The van der Waals surface area contributed by atoms with Gasteiger partial charge in [0.05, 0.1) is 6.10 Å². The maximum absolute atomic E-state index is 11.9. The van der Waals surface area contributed by atoms with Crippen molar-refractivity contribution in [3.05, 3.63) is 0 Å². The van der Waals surface area contributed by atoms with Gasteiger partial charge in [0.2, 0.25) is 5.91 Å². The second kappa shape index (κ2) is 8.01. The molecule has 1 aliphatic carbocycles. The summed E-state index contributed by atoms with van der Waals surface area (Å²) in [5, 5.41) is 11.6. The number of ketones is 1. The number of Topliss-reactive ketones (excluding diaryl/α,β-unsaturated/α-hetero) is 1. The van der Waals surface area contributed by atoms with E-state index in [1.165, 1.54) is 18.7 Å². The molecule has 0 heterocycles. The molecule has 0 radical (unpaired) electrons. The molecule has 1 amide bonds. The van der Waals surface area contributed by atoms with Crippen LogP contribution < -0.4 is 5.32 Å². The first kappa shape index (κ1) is 21.2. The van der Waals surface area contributed by atoms with Crippen LogP contribution in [0.1, 0.15) is 40.5 Å². The van der Waals surface area contributed by atoms with Crippen molar-refractivity contribution in [2.45, 2.75) is 76.1 Å². The summed E-state index contributed by atoms with van der Waals surface area (Å²) in [5.41, 5.74) is 0. The average Bonchev–Trinajstić information content (AvgIpc) is 2.71. The predicted molar refractivity (Wildman–Crippen MR) is 97.8 cm³/mol. The standard InChI is InChI=1S/C16H29NO5SSi/c1-10(18)17-12(15(20)21)9-23-14-8-11(19)7-13(14)22-24(5,6)16(2,3)4/h12-14H,7-9H2,1-6H3,(H,17,18)(H,20,21)/t12-,13-,14-/m0/s1. The van der Waals surface area contributed by atoms with Gasteiger partial charge in [-0.25, -0.2) is 4.79 Å². The van der Waals surface area contributed by atoms with Crippen LogP contribution in [-0.4, -0.2) is 54.2 Å². The number of aliphatic carboxylic acids is 1. The molecular weight excluding hydrogens is 346 g/mol. The van der Waals surface area contributed by atoms with Gasteiger partial charge in [0.1, 0.15) is 11.8 Å². The Morgan fingerprint density at radius 2 is 1.96 bits per heavy atom. The Kier molecular flexibility index (Phi) is 7.07. The summed E-state index contributed by atoms with van der Waals surface area (Å²) in [5.74, 6) is -1.06. The van der Waals surface area contributed by atoms with Crippen molar-refractivity contribution in [1.29, 1.82) is 0 Å². The molecule has 1 fully saturated rings. The number of carboxylic acid groups (broad SMARTS) is 1. The lowest BCUT2D eigenvalue weighted by molar-refractivity contribution is -0.140. The van der Waals surface area contributed by atoms with E-state index in [4.69, 9.17) is 4.43 Å². The molecule has 0 aromatic rings. The van der Waals surface area contributed by atoms with Crippen LogP contribution in [0.25, 0.3) is 0 Å². The Labute approximate surface area is 149 Å². The van der Waals surface area contributed by atoms with E-state index in [1.54, 1.807) is 0 Å². The number of rotatable bonds is 7. The lowest BCUT2D eigenvalue weighted by atomic mass is 10.2. The molecule has 1 rings (SSSR count). The minimum atomic E-state index is -2.00. The highest BCUT2D eigenvalue weighted by Crippen LogP contribution is 2.41. The van der Waals surface area contributed by atoms with Gasteiger partial charge < -0.3 is 14.8 Å². The van der Waals surface area contributed by atoms with Crippen molar-refractivity contribution in [3.63, 3.8) is 0 Å². The van der Waals surface area contributed by atoms with Gasteiger partial charge in [-0.05, 0) is 18.1 Å². The molecule has 1 saturated carbocycles. The highest BCUT2D eigenvalue weighted by Gasteiger charge is 2.44. The third-order valence-electron chi connectivity index (χ3n) is 4.68. The fraction of sp³-hybridized carbons (Fsp3) is 0.812. The molecule has 1 aliphatic rings. The zero-order valence-electron chi connectivity index (χ0n) is 15.3. The molecule has 0 aromatic heterocycles. The van der Waals surface area contributed by atoms with Crippen molar-refractivity contribution in [1.82, 2.24) is 5.32 Å². The maximum atomic E-state index is 11.9. The van der Waals surface area contributed by atoms with Gasteiger partial charge in [-0.15, -0.1) is 0 Å². The van der Waals surface area contributed by atoms with Crippen LogP contribution in [0.4, 0.5) is 0 Å². The maximum Gasteiger partial charge on any atom is 0.327 e. The van der Waals surface area contributed by atoms with Crippen LogP contribution in [0.5, 0.6) is 0 Å². The number of hydrogen-bond acceptors (Lipinski definition) is 5. The summed E-state index contributed by atoms with van der Waals surface area (Å²) in [4.78, 5) is 34.2. The van der Waals surface area contributed by atoms with Crippen LogP contribution >= 0.6 is 11.8 Å². The molecule has 24 heavy (non-hydrogen) atoms. The third-order valence-corrected chi connectivity index (χ3v) is 10.6. The number of thioether (sulfide) groups is 1. The van der Waals surface area contributed by atoms with Gasteiger partial charge in [-0.2, -0.15) is 11.8 Å². The van der Waals surface area contributed by atoms with E-state index >= 15 is 0 Å². The van der Waals surface area contributed by atoms with E-state index in [-0.39, 0.29) is 33.8 Å². The summed E-state index contributed by atoms with van der Waals surface area (Å²) in [7, 11) is -2.00. The lowest BCUT2D eigenvalue weighted by Crippen LogP contribution is -2.46. The predicted octanol–water partition coefficient (Wildman–Crippen LogP) is 2.43. The van der Waals surface area contributed by atoms with Crippen LogP contribution in [0.2, 0.25) is 18.1 Å². The molecule has 0 bridgehead atoms. The number of nitrogens with one attached hydrogen (secondary N) is 1. The Morgan fingerprint density at radius 3 is 2.42 bits per heavy atom. The minimum Gasteiger partial charge on any atom is -0.480 e. The van der Waals surface area contributed by atoms with E-state index in [0.717, 1.165) is 0 Å². The average molecular weight is 376 g/mol. The van der Waals surface area contributed by atoms with Crippen molar-refractivity contribution in [2.24, 2.45) is 0 Å². The van der Waals surface area contributed by atoms with Gasteiger partial charge in [0.15, 0.2) is 8.32 Å². The number of amides is 1. The third kappa shape index (κ3) is 5.89. The number of carbonyl (C=O) groups is 3. The minimum absolute atomic E-state index is 0.0492. The Hall–Kier alpha value is -0.863. The molecule has 0 saturated heterocycles. The van der Waals surface area contributed by atoms with E-state index in [0.29, 0.717) is 12.8 Å². The van der Waals surface area contributed by atoms with Crippen LogP contribution in [0.3, 0.4) is 0 Å². The largest absolute Gasteiger partial charge is 0.480 e. The fourth-order valence-corrected chi connectivity index (χ4v) is 5.07. The summed E-state index contributed by atoms with van der Waals surface area (Å²) in [6, 6.07) is -0.947. The molecule has 0 spiro atoms. The second-order valence-electron chi connectivity index (χ2n) is 7.83. The van der Waals surface area contributed by atoms with Crippen LogP contribution in [0, 0.1) is 0 Å². The van der Waals surface area contributed by atoms with Gasteiger partial charge in [0, 0.05) is 30.8 Å². The van der Waals surface area contributed by atoms with Gasteiger partial charge in [-0.1, -0.05) is 20.8 Å². The first-order chi connectivity index (χ1) is 10.8. The molecule has 0 unspecified atom stereocenters. The quantitative estimate of drug-likeness (QED) is 0.664. The SMILES string of the molecule is CC(=O)N[C@@H](CS[C@H]1CC(=O)C[C@@H]1O[Si](C)(C)C(C)(C)C)C(=O)O. The summed E-state index contributed by atoms with van der Waals surface area (Å²) < 4.78 is 6.38. The van der Waals surface area contributed by atoms with Crippen molar-refractivity contribution >= 4 is 37.7 Å². The lowest BCUT2D eigenvalue weighted by Gasteiger charge is -2.39. The van der Waals surface area contributed by atoms with Gasteiger partial charge in [-0.3, -0.25) is 9.59 Å². The van der Waals surface area contributed by atoms with E-state index < -0.39 is 20.3 Å². The zero-order valence-corrected chi connectivity index (χ0v) is 17.2. The van der Waals surface area contributed by atoms with Crippen molar-refractivity contribution in [3.8, 4) is 0 Å². The summed E-state index contributed by atoms with van der Waals surface area (Å²) in [6.45, 7) is 12.0. The number of carbonyl (C=O) groups excluding carboxylic acids is 2. The molecule has 0 aliphatic heterocycles. The normalized spacial score (nSPS) is 23.2. The fourth-order valence-electron chi connectivity index (χ4n) is 2.27. The van der Waals surface area contributed by atoms with Crippen LogP contribution in [0.15, 0.2) is 0 Å². The first-order valence-corrected chi connectivity index (χ1v) is 12.1.